The number of amides is 1. The Kier molecular flexibility index (Phi) is 3.53. The first-order chi connectivity index (χ1) is 7.58. The third-order valence-electron chi connectivity index (χ3n) is 4.32. The molecule has 2 N–H and O–H groups in total. The van der Waals surface area contributed by atoms with Crippen LogP contribution in [0.3, 0.4) is 0 Å². The van der Waals surface area contributed by atoms with Gasteiger partial charge < -0.3 is 10.6 Å². The van der Waals surface area contributed by atoms with Crippen molar-refractivity contribution in [3.63, 3.8) is 0 Å². The molecule has 0 spiro atoms. The monoisotopic (exact) mass is 224 g/mol. The lowest BCUT2D eigenvalue weighted by Crippen LogP contribution is -2.44. The molecule has 3 heteroatoms. The lowest BCUT2D eigenvalue weighted by atomic mass is 9.88. The van der Waals surface area contributed by atoms with Crippen molar-refractivity contribution in [1.82, 2.24) is 4.90 Å². The van der Waals surface area contributed by atoms with Gasteiger partial charge in [0.1, 0.15) is 0 Å². The summed E-state index contributed by atoms with van der Waals surface area (Å²) in [6.07, 6.45) is 4.15. The maximum Gasteiger partial charge on any atom is 0.224 e. The fourth-order valence-electron chi connectivity index (χ4n) is 2.51. The van der Waals surface area contributed by atoms with Crippen molar-refractivity contribution in [2.75, 3.05) is 13.1 Å². The highest BCUT2D eigenvalue weighted by molar-refractivity contribution is 5.77. The van der Waals surface area contributed by atoms with E-state index in [4.69, 9.17) is 5.73 Å². The van der Waals surface area contributed by atoms with Gasteiger partial charge in [0.2, 0.25) is 5.91 Å². The third-order valence-corrected chi connectivity index (χ3v) is 4.32. The van der Waals surface area contributed by atoms with Gasteiger partial charge in [-0.2, -0.15) is 0 Å². The summed E-state index contributed by atoms with van der Waals surface area (Å²) in [5.74, 6) is 2.29. The SMILES string of the molecule is CC1CCN(C(=O)CC(N)C2CC2)CC1C. The van der Waals surface area contributed by atoms with Crippen LogP contribution in [0.5, 0.6) is 0 Å². The van der Waals surface area contributed by atoms with Crippen LogP contribution in [0.25, 0.3) is 0 Å². The number of carbonyl (C=O) groups is 1. The second-order valence-corrected chi connectivity index (χ2v) is 5.79. The molecule has 92 valence electrons. The number of rotatable bonds is 3. The zero-order valence-corrected chi connectivity index (χ0v) is 10.5. The summed E-state index contributed by atoms with van der Waals surface area (Å²) in [6.45, 7) is 6.38. The lowest BCUT2D eigenvalue weighted by molar-refractivity contribution is -0.134. The van der Waals surface area contributed by atoms with Crippen LogP contribution in [0.4, 0.5) is 0 Å². The van der Waals surface area contributed by atoms with E-state index < -0.39 is 0 Å². The van der Waals surface area contributed by atoms with Gasteiger partial charge in [0.15, 0.2) is 0 Å². The first-order valence-corrected chi connectivity index (χ1v) is 6.61. The standard InChI is InChI=1S/C13H24N2O/c1-9-5-6-15(8-10(9)2)13(16)7-12(14)11-3-4-11/h9-12H,3-8,14H2,1-2H3. The fourth-order valence-corrected chi connectivity index (χ4v) is 2.51. The van der Waals surface area contributed by atoms with Crippen molar-refractivity contribution in [2.45, 2.75) is 45.6 Å². The van der Waals surface area contributed by atoms with Gasteiger partial charge in [-0.25, -0.2) is 0 Å². The minimum Gasteiger partial charge on any atom is -0.342 e. The molecule has 0 aromatic rings. The fraction of sp³-hybridized carbons (Fsp3) is 0.923. The van der Waals surface area contributed by atoms with Crippen LogP contribution in [0.15, 0.2) is 0 Å². The molecule has 0 bridgehead atoms. The average Bonchev–Trinajstić information content (AvgIpc) is 3.05. The molecule has 0 aromatic carbocycles. The van der Waals surface area contributed by atoms with Crippen LogP contribution in [-0.2, 0) is 4.79 Å². The number of hydrogen-bond acceptors (Lipinski definition) is 2. The topological polar surface area (TPSA) is 46.3 Å². The molecule has 3 atom stereocenters. The van der Waals surface area contributed by atoms with Gasteiger partial charge >= 0.3 is 0 Å². The molecule has 2 rings (SSSR count). The predicted molar refractivity (Wildman–Crippen MR) is 64.8 cm³/mol. The lowest BCUT2D eigenvalue weighted by Gasteiger charge is -2.35. The first kappa shape index (κ1) is 11.9. The smallest absolute Gasteiger partial charge is 0.224 e. The molecule has 3 nitrogen and oxygen atoms in total. The Morgan fingerprint density at radius 2 is 2.00 bits per heavy atom. The molecular weight excluding hydrogens is 200 g/mol. The van der Waals surface area contributed by atoms with Crippen LogP contribution in [0, 0.1) is 17.8 Å². The second kappa shape index (κ2) is 4.74. The normalized spacial score (nSPS) is 32.6. The van der Waals surface area contributed by atoms with E-state index >= 15 is 0 Å². The van der Waals surface area contributed by atoms with Crippen molar-refractivity contribution in [1.29, 1.82) is 0 Å². The zero-order chi connectivity index (χ0) is 11.7. The summed E-state index contributed by atoms with van der Waals surface area (Å²) in [4.78, 5) is 14.1. The van der Waals surface area contributed by atoms with Crippen molar-refractivity contribution >= 4 is 5.91 Å². The van der Waals surface area contributed by atoms with Gasteiger partial charge in [-0.05, 0) is 37.0 Å². The van der Waals surface area contributed by atoms with E-state index in [0.29, 0.717) is 18.3 Å². The van der Waals surface area contributed by atoms with Crippen LogP contribution >= 0.6 is 0 Å². The molecule has 16 heavy (non-hydrogen) atoms. The number of carbonyl (C=O) groups excluding carboxylic acids is 1. The van der Waals surface area contributed by atoms with Crippen molar-refractivity contribution in [3.05, 3.63) is 0 Å². The van der Waals surface area contributed by atoms with E-state index in [-0.39, 0.29) is 11.9 Å². The van der Waals surface area contributed by atoms with Crippen LogP contribution in [0.2, 0.25) is 0 Å². The number of nitrogens with two attached hydrogens (primary N) is 1. The Morgan fingerprint density at radius 3 is 2.56 bits per heavy atom. The predicted octanol–water partition coefficient (Wildman–Crippen LogP) is 1.62. The molecular formula is C13H24N2O. The van der Waals surface area contributed by atoms with Gasteiger partial charge in [-0.15, -0.1) is 0 Å². The summed E-state index contributed by atoms with van der Waals surface area (Å²) in [7, 11) is 0. The van der Waals surface area contributed by atoms with Gasteiger partial charge in [0.05, 0.1) is 0 Å². The Balaban J connectivity index is 1.80. The van der Waals surface area contributed by atoms with Crippen LogP contribution < -0.4 is 5.73 Å². The maximum absolute atomic E-state index is 12.0. The Bertz CT molecular complexity index is 263. The Hall–Kier alpha value is -0.570. The van der Waals surface area contributed by atoms with E-state index in [0.717, 1.165) is 25.4 Å². The van der Waals surface area contributed by atoms with Gasteiger partial charge in [-0.1, -0.05) is 13.8 Å². The van der Waals surface area contributed by atoms with E-state index in [1.807, 2.05) is 4.90 Å². The summed E-state index contributed by atoms with van der Waals surface area (Å²) in [5.41, 5.74) is 6.00. The molecule has 1 saturated heterocycles. The molecule has 1 aliphatic carbocycles. The number of hydrogen-bond donors (Lipinski definition) is 1. The van der Waals surface area contributed by atoms with Gasteiger partial charge in [0.25, 0.3) is 0 Å². The minimum absolute atomic E-state index is 0.113. The number of likely N-dealkylation sites (tertiary alicyclic amines) is 1. The minimum atomic E-state index is 0.113. The highest BCUT2D eigenvalue weighted by Crippen LogP contribution is 2.33. The van der Waals surface area contributed by atoms with Gasteiger partial charge in [-0.3, -0.25) is 4.79 Å². The molecule has 1 saturated carbocycles. The molecule has 2 aliphatic rings. The van der Waals surface area contributed by atoms with Crippen molar-refractivity contribution in [3.8, 4) is 0 Å². The van der Waals surface area contributed by atoms with E-state index in [9.17, 15) is 4.79 Å². The van der Waals surface area contributed by atoms with Crippen molar-refractivity contribution < 1.29 is 4.79 Å². The van der Waals surface area contributed by atoms with Crippen molar-refractivity contribution in [2.24, 2.45) is 23.5 Å². The molecule has 0 radical (unpaired) electrons. The number of nitrogens with zero attached hydrogens (tertiary/aromatic N) is 1. The van der Waals surface area contributed by atoms with Crippen LogP contribution in [-0.4, -0.2) is 29.9 Å². The summed E-state index contributed by atoms with van der Waals surface area (Å²) in [6, 6.07) is 0.113. The quantitative estimate of drug-likeness (QED) is 0.792. The summed E-state index contributed by atoms with van der Waals surface area (Å²) < 4.78 is 0. The highest BCUT2D eigenvalue weighted by Gasteiger charge is 2.32. The highest BCUT2D eigenvalue weighted by atomic mass is 16.2. The maximum atomic E-state index is 12.0. The van der Waals surface area contributed by atoms with E-state index in [2.05, 4.69) is 13.8 Å². The van der Waals surface area contributed by atoms with E-state index in [1.54, 1.807) is 0 Å². The van der Waals surface area contributed by atoms with Gasteiger partial charge in [0, 0.05) is 25.6 Å². The van der Waals surface area contributed by atoms with Crippen LogP contribution in [0.1, 0.15) is 39.5 Å². The Labute approximate surface area is 98.4 Å². The largest absolute Gasteiger partial charge is 0.342 e. The molecule has 1 aliphatic heterocycles. The summed E-state index contributed by atoms with van der Waals surface area (Å²) >= 11 is 0. The second-order valence-electron chi connectivity index (χ2n) is 5.79. The summed E-state index contributed by atoms with van der Waals surface area (Å²) in [5, 5.41) is 0. The molecule has 1 amide bonds. The first-order valence-electron chi connectivity index (χ1n) is 6.61. The molecule has 0 aromatic heterocycles. The molecule has 1 heterocycles. The number of piperidine rings is 1. The van der Waals surface area contributed by atoms with E-state index in [1.165, 1.54) is 12.8 Å². The molecule has 3 unspecified atom stereocenters. The Morgan fingerprint density at radius 1 is 1.31 bits per heavy atom. The average molecular weight is 224 g/mol. The molecule has 2 fully saturated rings. The zero-order valence-electron chi connectivity index (χ0n) is 10.5. The third kappa shape index (κ3) is 2.76.